The molecule has 1 N–H and O–H groups in total. The van der Waals surface area contributed by atoms with Crippen LogP contribution in [0.15, 0.2) is 30.5 Å². The molecule has 0 atom stereocenters. The summed E-state index contributed by atoms with van der Waals surface area (Å²) in [5.41, 5.74) is 2.64. The monoisotopic (exact) mass is 277 g/mol. The van der Waals surface area contributed by atoms with Gasteiger partial charge in [-0.1, -0.05) is 23.7 Å². The third-order valence-electron chi connectivity index (χ3n) is 2.82. The van der Waals surface area contributed by atoms with E-state index in [2.05, 4.69) is 10.4 Å². The molecule has 19 heavy (non-hydrogen) atoms. The molecule has 1 aromatic carbocycles. The molecule has 2 aromatic rings. The number of anilines is 1. The standard InChI is InChI=1S/C14H16ClN3O/c1-10-13(9-18(2)17-10)16-14(19)7-6-11-4-3-5-12(15)8-11/h3-5,8-9H,6-7H2,1-2H3,(H,16,19). The van der Waals surface area contributed by atoms with Gasteiger partial charge in [-0.25, -0.2) is 0 Å². The van der Waals surface area contributed by atoms with Gasteiger partial charge in [0, 0.05) is 24.7 Å². The molecule has 0 aliphatic carbocycles. The Morgan fingerprint density at radius 3 is 2.89 bits per heavy atom. The number of benzene rings is 1. The Morgan fingerprint density at radius 2 is 2.26 bits per heavy atom. The zero-order valence-corrected chi connectivity index (χ0v) is 11.7. The van der Waals surface area contributed by atoms with Crippen molar-refractivity contribution in [1.29, 1.82) is 0 Å². The van der Waals surface area contributed by atoms with Gasteiger partial charge in [0.15, 0.2) is 0 Å². The maximum atomic E-state index is 11.9. The summed E-state index contributed by atoms with van der Waals surface area (Å²) in [4.78, 5) is 11.9. The van der Waals surface area contributed by atoms with Crippen molar-refractivity contribution in [2.24, 2.45) is 7.05 Å². The maximum Gasteiger partial charge on any atom is 0.224 e. The van der Waals surface area contributed by atoms with Gasteiger partial charge in [0.2, 0.25) is 5.91 Å². The molecule has 4 nitrogen and oxygen atoms in total. The first kappa shape index (κ1) is 13.6. The predicted molar refractivity (Wildman–Crippen MR) is 76.3 cm³/mol. The number of aromatic nitrogens is 2. The SMILES string of the molecule is Cc1nn(C)cc1NC(=O)CCc1cccc(Cl)c1. The molecule has 100 valence electrons. The topological polar surface area (TPSA) is 46.9 Å². The molecule has 1 aromatic heterocycles. The Labute approximate surface area is 117 Å². The first-order valence-electron chi connectivity index (χ1n) is 6.09. The van der Waals surface area contributed by atoms with Gasteiger partial charge in [-0.15, -0.1) is 0 Å². The van der Waals surface area contributed by atoms with Gasteiger partial charge in [-0.3, -0.25) is 9.48 Å². The van der Waals surface area contributed by atoms with Crippen molar-refractivity contribution in [2.75, 3.05) is 5.32 Å². The minimum Gasteiger partial charge on any atom is -0.323 e. The lowest BCUT2D eigenvalue weighted by atomic mass is 10.1. The lowest BCUT2D eigenvalue weighted by Gasteiger charge is -2.04. The Bertz CT molecular complexity index is 592. The van der Waals surface area contributed by atoms with Crippen LogP contribution in [0.5, 0.6) is 0 Å². The zero-order chi connectivity index (χ0) is 13.8. The van der Waals surface area contributed by atoms with Crippen LogP contribution < -0.4 is 5.32 Å². The molecule has 0 radical (unpaired) electrons. The lowest BCUT2D eigenvalue weighted by Crippen LogP contribution is -2.12. The van der Waals surface area contributed by atoms with Gasteiger partial charge in [-0.2, -0.15) is 5.10 Å². The van der Waals surface area contributed by atoms with Gasteiger partial charge in [-0.05, 0) is 31.0 Å². The van der Waals surface area contributed by atoms with Crippen LogP contribution in [0.4, 0.5) is 5.69 Å². The Morgan fingerprint density at radius 1 is 1.47 bits per heavy atom. The minimum atomic E-state index is -0.0175. The summed E-state index contributed by atoms with van der Waals surface area (Å²) in [6, 6.07) is 7.56. The van der Waals surface area contributed by atoms with Crippen molar-refractivity contribution in [3.8, 4) is 0 Å². The number of amides is 1. The zero-order valence-electron chi connectivity index (χ0n) is 11.0. The number of nitrogens with zero attached hydrogens (tertiary/aromatic N) is 2. The van der Waals surface area contributed by atoms with Crippen molar-refractivity contribution in [1.82, 2.24) is 9.78 Å². The fourth-order valence-electron chi connectivity index (χ4n) is 1.89. The summed E-state index contributed by atoms with van der Waals surface area (Å²) < 4.78 is 1.68. The second-order valence-electron chi connectivity index (χ2n) is 4.48. The molecule has 2 rings (SSSR count). The van der Waals surface area contributed by atoms with E-state index in [-0.39, 0.29) is 5.91 Å². The number of carbonyl (C=O) groups is 1. The summed E-state index contributed by atoms with van der Waals surface area (Å²) in [7, 11) is 1.83. The third kappa shape index (κ3) is 3.83. The first-order valence-corrected chi connectivity index (χ1v) is 6.47. The summed E-state index contributed by atoms with van der Waals surface area (Å²) in [6.07, 6.45) is 2.90. The number of hydrogen-bond donors (Lipinski definition) is 1. The van der Waals surface area contributed by atoms with E-state index in [9.17, 15) is 4.79 Å². The summed E-state index contributed by atoms with van der Waals surface area (Å²) in [5, 5.41) is 7.73. The van der Waals surface area contributed by atoms with Crippen LogP contribution in [0, 0.1) is 6.92 Å². The molecule has 5 heteroatoms. The molecule has 0 spiro atoms. The van der Waals surface area contributed by atoms with E-state index in [0.717, 1.165) is 16.9 Å². The molecule has 0 saturated carbocycles. The normalized spacial score (nSPS) is 10.5. The van der Waals surface area contributed by atoms with Crippen molar-refractivity contribution in [2.45, 2.75) is 19.8 Å². The van der Waals surface area contributed by atoms with E-state index in [1.807, 2.05) is 38.2 Å². The molecular weight excluding hydrogens is 262 g/mol. The third-order valence-corrected chi connectivity index (χ3v) is 3.05. The van der Waals surface area contributed by atoms with Crippen LogP contribution >= 0.6 is 11.6 Å². The highest BCUT2D eigenvalue weighted by atomic mass is 35.5. The molecule has 0 saturated heterocycles. The van der Waals surface area contributed by atoms with Crippen molar-refractivity contribution < 1.29 is 4.79 Å². The van der Waals surface area contributed by atoms with Crippen LogP contribution in [-0.2, 0) is 18.3 Å². The van der Waals surface area contributed by atoms with E-state index in [0.29, 0.717) is 17.9 Å². The Kier molecular flexibility index (Phi) is 4.22. The van der Waals surface area contributed by atoms with Crippen LogP contribution in [0.25, 0.3) is 0 Å². The second-order valence-corrected chi connectivity index (χ2v) is 4.92. The van der Waals surface area contributed by atoms with Gasteiger partial charge < -0.3 is 5.32 Å². The van der Waals surface area contributed by atoms with Crippen LogP contribution in [0.3, 0.4) is 0 Å². The van der Waals surface area contributed by atoms with Crippen molar-refractivity contribution in [3.05, 3.63) is 46.7 Å². The van der Waals surface area contributed by atoms with Crippen LogP contribution in [-0.4, -0.2) is 15.7 Å². The summed E-state index contributed by atoms with van der Waals surface area (Å²) in [5.74, 6) is -0.0175. The van der Waals surface area contributed by atoms with Crippen molar-refractivity contribution in [3.63, 3.8) is 0 Å². The Hall–Kier alpha value is -1.81. The fraction of sp³-hybridized carbons (Fsp3) is 0.286. The molecule has 0 unspecified atom stereocenters. The highest BCUT2D eigenvalue weighted by Crippen LogP contribution is 2.14. The molecular formula is C14H16ClN3O. The van der Waals surface area contributed by atoms with E-state index in [1.165, 1.54) is 0 Å². The van der Waals surface area contributed by atoms with E-state index in [4.69, 9.17) is 11.6 Å². The van der Waals surface area contributed by atoms with Gasteiger partial charge in [0.1, 0.15) is 0 Å². The highest BCUT2D eigenvalue weighted by Gasteiger charge is 2.08. The first-order chi connectivity index (χ1) is 9.04. The van der Waals surface area contributed by atoms with Gasteiger partial charge >= 0.3 is 0 Å². The highest BCUT2D eigenvalue weighted by molar-refractivity contribution is 6.30. The molecule has 1 heterocycles. The molecule has 0 fully saturated rings. The maximum absolute atomic E-state index is 11.9. The van der Waals surface area contributed by atoms with E-state index in [1.54, 1.807) is 10.9 Å². The number of aryl methyl sites for hydroxylation is 3. The predicted octanol–water partition coefficient (Wildman–Crippen LogP) is 2.95. The largest absolute Gasteiger partial charge is 0.323 e. The number of hydrogen-bond acceptors (Lipinski definition) is 2. The van der Waals surface area contributed by atoms with E-state index < -0.39 is 0 Å². The molecule has 0 bridgehead atoms. The lowest BCUT2D eigenvalue weighted by molar-refractivity contribution is -0.116. The summed E-state index contributed by atoms with van der Waals surface area (Å²) in [6.45, 7) is 1.87. The number of rotatable bonds is 4. The smallest absolute Gasteiger partial charge is 0.224 e. The average Bonchev–Trinajstić information content (AvgIpc) is 2.65. The van der Waals surface area contributed by atoms with Crippen molar-refractivity contribution >= 4 is 23.2 Å². The second kappa shape index (κ2) is 5.89. The molecule has 1 amide bonds. The minimum absolute atomic E-state index is 0.0175. The quantitative estimate of drug-likeness (QED) is 0.934. The average molecular weight is 278 g/mol. The fourth-order valence-corrected chi connectivity index (χ4v) is 2.10. The number of carbonyl (C=O) groups excluding carboxylic acids is 1. The molecule has 0 aliphatic rings. The Balaban J connectivity index is 1.90. The number of halogens is 1. The van der Waals surface area contributed by atoms with Crippen LogP contribution in [0.2, 0.25) is 5.02 Å². The van der Waals surface area contributed by atoms with Crippen LogP contribution in [0.1, 0.15) is 17.7 Å². The van der Waals surface area contributed by atoms with E-state index >= 15 is 0 Å². The number of nitrogens with one attached hydrogen (secondary N) is 1. The summed E-state index contributed by atoms with van der Waals surface area (Å²) >= 11 is 5.90. The molecule has 0 aliphatic heterocycles. The van der Waals surface area contributed by atoms with Gasteiger partial charge in [0.25, 0.3) is 0 Å². The van der Waals surface area contributed by atoms with Gasteiger partial charge in [0.05, 0.1) is 11.4 Å².